The highest BCUT2D eigenvalue weighted by Gasteiger charge is 2.21. The highest BCUT2D eigenvalue weighted by Crippen LogP contribution is 2.33. The third-order valence-corrected chi connectivity index (χ3v) is 4.36. The summed E-state index contributed by atoms with van der Waals surface area (Å²) in [6, 6.07) is 12.2. The Morgan fingerprint density at radius 2 is 1.95 bits per heavy atom. The Morgan fingerprint density at radius 1 is 1.25 bits per heavy atom. The zero-order valence-corrected chi connectivity index (χ0v) is 13.3. The van der Waals surface area contributed by atoms with Crippen molar-refractivity contribution >= 4 is 32.5 Å². The second-order valence-electron chi connectivity index (χ2n) is 5.49. The molecule has 0 fully saturated rings. The van der Waals surface area contributed by atoms with Crippen molar-refractivity contribution in [1.29, 1.82) is 5.41 Å². The van der Waals surface area contributed by atoms with E-state index in [1.54, 1.807) is 0 Å². The topological polar surface area (TPSA) is 59.1 Å². The number of nitrogens with two attached hydrogens (primary N) is 1. The number of nitrogens with one attached hydrogen (secondary N) is 1. The van der Waals surface area contributed by atoms with Crippen LogP contribution in [0.5, 0.6) is 5.75 Å². The Hall–Kier alpha value is -1.55. The van der Waals surface area contributed by atoms with E-state index in [1.807, 2.05) is 38.1 Å². The highest BCUT2D eigenvalue weighted by atomic mass is 79.9. The molecule has 0 bridgehead atoms. The quantitative estimate of drug-likeness (QED) is 0.631. The largest absolute Gasteiger partial charge is 0.492 e. The predicted molar refractivity (Wildman–Crippen MR) is 87.5 cm³/mol. The first kappa shape index (κ1) is 14.9. The minimum absolute atomic E-state index is 0.193. The molecule has 2 aromatic rings. The lowest BCUT2D eigenvalue weighted by atomic mass is 9.88. The molecule has 20 heavy (non-hydrogen) atoms. The van der Waals surface area contributed by atoms with Gasteiger partial charge >= 0.3 is 0 Å². The van der Waals surface area contributed by atoms with Crippen LogP contribution in [0.3, 0.4) is 0 Å². The van der Waals surface area contributed by atoms with Crippen LogP contribution in [0.2, 0.25) is 0 Å². The van der Waals surface area contributed by atoms with Crippen LogP contribution >= 0.6 is 15.9 Å². The number of hydrogen-bond donors (Lipinski definition) is 2. The maximum absolute atomic E-state index is 7.54. The SMILES string of the molecule is CC(C)(CCOc1ccc2ccccc2c1Br)C(=N)N. The molecule has 0 saturated heterocycles. The van der Waals surface area contributed by atoms with Crippen LogP contribution in [0.4, 0.5) is 0 Å². The first-order valence-corrected chi connectivity index (χ1v) is 7.36. The Labute approximate surface area is 127 Å². The van der Waals surface area contributed by atoms with E-state index < -0.39 is 0 Å². The summed E-state index contributed by atoms with van der Waals surface area (Å²) in [6.07, 6.45) is 0.710. The molecule has 2 rings (SSSR count). The Morgan fingerprint density at radius 3 is 2.65 bits per heavy atom. The molecule has 0 aromatic heterocycles. The van der Waals surface area contributed by atoms with Gasteiger partial charge in [0.15, 0.2) is 0 Å². The monoisotopic (exact) mass is 334 g/mol. The van der Waals surface area contributed by atoms with Crippen molar-refractivity contribution in [2.45, 2.75) is 20.3 Å². The molecule has 0 radical (unpaired) electrons. The minimum Gasteiger partial charge on any atom is -0.492 e. The summed E-state index contributed by atoms with van der Waals surface area (Å²) in [6.45, 7) is 4.44. The Bertz CT molecular complexity index is 637. The molecule has 0 spiro atoms. The molecular formula is C16H19BrN2O. The molecule has 2 aromatic carbocycles. The summed E-state index contributed by atoms with van der Waals surface area (Å²) in [5.41, 5.74) is 5.24. The summed E-state index contributed by atoms with van der Waals surface area (Å²) in [5, 5.41) is 9.85. The van der Waals surface area contributed by atoms with Crippen molar-refractivity contribution in [2.75, 3.05) is 6.61 Å². The van der Waals surface area contributed by atoms with Gasteiger partial charge in [0.1, 0.15) is 5.75 Å². The standard InChI is InChI=1S/C16H19BrN2O/c1-16(2,15(18)19)9-10-20-13-8-7-11-5-3-4-6-12(11)14(13)17/h3-8H,9-10H2,1-2H3,(H3,18,19). The van der Waals surface area contributed by atoms with Gasteiger partial charge in [0.05, 0.1) is 16.9 Å². The third-order valence-electron chi connectivity index (χ3n) is 3.54. The fourth-order valence-corrected chi connectivity index (χ4v) is 2.48. The highest BCUT2D eigenvalue weighted by molar-refractivity contribution is 9.10. The minimum atomic E-state index is -0.330. The third kappa shape index (κ3) is 3.12. The van der Waals surface area contributed by atoms with Crippen LogP contribution < -0.4 is 10.5 Å². The molecule has 0 heterocycles. The Balaban J connectivity index is 2.11. The molecule has 0 aliphatic carbocycles. The van der Waals surface area contributed by atoms with Gasteiger partial charge in [0.25, 0.3) is 0 Å². The fraction of sp³-hybridized carbons (Fsp3) is 0.312. The normalized spacial score (nSPS) is 11.6. The van der Waals surface area contributed by atoms with Gasteiger partial charge in [-0.05, 0) is 39.2 Å². The van der Waals surface area contributed by atoms with E-state index in [1.165, 1.54) is 5.39 Å². The van der Waals surface area contributed by atoms with Gasteiger partial charge in [-0.1, -0.05) is 44.2 Å². The molecule has 0 aliphatic rings. The number of amidine groups is 1. The fourth-order valence-electron chi connectivity index (χ4n) is 1.88. The number of benzene rings is 2. The van der Waals surface area contributed by atoms with E-state index in [4.69, 9.17) is 15.9 Å². The molecule has 0 unspecified atom stereocenters. The second-order valence-corrected chi connectivity index (χ2v) is 6.29. The molecule has 0 saturated carbocycles. The summed E-state index contributed by atoms with van der Waals surface area (Å²) in [5.74, 6) is 1.02. The number of fused-ring (bicyclic) bond motifs is 1. The summed E-state index contributed by atoms with van der Waals surface area (Å²) >= 11 is 3.60. The van der Waals surface area contributed by atoms with Crippen LogP contribution in [0.25, 0.3) is 10.8 Å². The van der Waals surface area contributed by atoms with Gasteiger partial charge in [-0.15, -0.1) is 0 Å². The number of hydrogen-bond acceptors (Lipinski definition) is 2. The molecule has 3 N–H and O–H groups in total. The van der Waals surface area contributed by atoms with Crippen LogP contribution in [0.15, 0.2) is 40.9 Å². The van der Waals surface area contributed by atoms with E-state index in [2.05, 4.69) is 28.1 Å². The summed E-state index contributed by atoms with van der Waals surface area (Å²) in [7, 11) is 0. The molecule has 0 amide bonds. The predicted octanol–water partition coefficient (Wildman–Crippen LogP) is 4.33. The molecule has 3 nitrogen and oxygen atoms in total. The Kier molecular flexibility index (Phi) is 4.33. The second kappa shape index (κ2) is 5.83. The van der Waals surface area contributed by atoms with Gasteiger partial charge in [0, 0.05) is 5.41 Å². The molecular weight excluding hydrogens is 316 g/mol. The number of halogens is 1. The number of rotatable bonds is 5. The lowest BCUT2D eigenvalue weighted by molar-refractivity contribution is 0.267. The number of ether oxygens (including phenoxy) is 1. The van der Waals surface area contributed by atoms with Crippen molar-refractivity contribution in [1.82, 2.24) is 0 Å². The van der Waals surface area contributed by atoms with Crippen molar-refractivity contribution < 1.29 is 4.74 Å². The zero-order valence-electron chi connectivity index (χ0n) is 11.7. The van der Waals surface area contributed by atoms with Crippen LogP contribution in [0.1, 0.15) is 20.3 Å². The van der Waals surface area contributed by atoms with Crippen molar-refractivity contribution in [2.24, 2.45) is 11.1 Å². The maximum Gasteiger partial charge on any atom is 0.134 e. The first-order valence-electron chi connectivity index (χ1n) is 6.56. The van der Waals surface area contributed by atoms with E-state index in [0.29, 0.717) is 13.0 Å². The average Bonchev–Trinajstić information content (AvgIpc) is 2.41. The van der Waals surface area contributed by atoms with Gasteiger partial charge in [-0.3, -0.25) is 5.41 Å². The van der Waals surface area contributed by atoms with Gasteiger partial charge < -0.3 is 10.5 Å². The van der Waals surface area contributed by atoms with Crippen molar-refractivity contribution in [3.8, 4) is 5.75 Å². The zero-order chi connectivity index (χ0) is 14.8. The molecule has 0 aliphatic heterocycles. The molecule has 106 valence electrons. The van der Waals surface area contributed by atoms with Crippen molar-refractivity contribution in [3.05, 3.63) is 40.9 Å². The van der Waals surface area contributed by atoms with E-state index in [9.17, 15) is 0 Å². The smallest absolute Gasteiger partial charge is 0.134 e. The van der Waals surface area contributed by atoms with Crippen LogP contribution in [-0.2, 0) is 0 Å². The van der Waals surface area contributed by atoms with E-state index in [0.717, 1.165) is 15.6 Å². The first-order chi connectivity index (χ1) is 9.42. The van der Waals surface area contributed by atoms with E-state index in [-0.39, 0.29) is 11.3 Å². The summed E-state index contributed by atoms with van der Waals surface area (Å²) in [4.78, 5) is 0. The van der Waals surface area contributed by atoms with Gasteiger partial charge in [-0.25, -0.2) is 0 Å². The lowest BCUT2D eigenvalue weighted by Crippen LogP contribution is -2.32. The maximum atomic E-state index is 7.54. The summed E-state index contributed by atoms with van der Waals surface area (Å²) < 4.78 is 6.80. The van der Waals surface area contributed by atoms with Gasteiger partial charge in [-0.2, -0.15) is 0 Å². The lowest BCUT2D eigenvalue weighted by Gasteiger charge is -2.23. The average molecular weight is 335 g/mol. The van der Waals surface area contributed by atoms with Gasteiger partial charge in [0.2, 0.25) is 0 Å². The van der Waals surface area contributed by atoms with Crippen LogP contribution in [0, 0.1) is 10.8 Å². The molecule has 4 heteroatoms. The van der Waals surface area contributed by atoms with E-state index >= 15 is 0 Å². The van der Waals surface area contributed by atoms with Crippen molar-refractivity contribution in [3.63, 3.8) is 0 Å². The molecule has 0 atom stereocenters. The van der Waals surface area contributed by atoms with Crippen LogP contribution in [-0.4, -0.2) is 12.4 Å².